The number of aliphatic hydroxyl groups is 1. The second-order valence-corrected chi connectivity index (χ2v) is 11.2. The van der Waals surface area contributed by atoms with E-state index in [1.807, 2.05) is 20.8 Å². The van der Waals surface area contributed by atoms with E-state index >= 15 is 4.39 Å². The van der Waals surface area contributed by atoms with Crippen LogP contribution in [0.25, 0.3) is 22.3 Å². The van der Waals surface area contributed by atoms with Gasteiger partial charge in [-0.1, -0.05) is 6.92 Å². The third-order valence-corrected chi connectivity index (χ3v) is 7.61. The number of benzene rings is 1. The summed E-state index contributed by atoms with van der Waals surface area (Å²) in [5.41, 5.74) is -0.329. The first kappa shape index (κ1) is 26.2. The summed E-state index contributed by atoms with van der Waals surface area (Å²) in [5.74, 6) is -1.62. The second-order valence-electron chi connectivity index (χ2n) is 11.2. The first-order chi connectivity index (χ1) is 18.9. The largest absolute Gasteiger partial charge is 0.458 e. The molecule has 12 heteroatoms. The first-order valence-electron chi connectivity index (χ1n) is 13.1. The number of amides is 1. The van der Waals surface area contributed by atoms with E-state index in [2.05, 4.69) is 10.6 Å². The maximum absolute atomic E-state index is 15.8. The minimum atomic E-state index is -1.98. The fraction of sp³-hybridized carbons (Fsp3) is 0.429. The van der Waals surface area contributed by atoms with Crippen LogP contribution in [-0.2, 0) is 39.6 Å². The van der Waals surface area contributed by atoms with Gasteiger partial charge in [-0.05, 0) is 38.8 Å². The van der Waals surface area contributed by atoms with Crippen LogP contribution < -0.4 is 25.7 Å². The van der Waals surface area contributed by atoms with Crippen LogP contribution in [0.1, 0.15) is 56.4 Å². The Labute approximate surface area is 228 Å². The lowest BCUT2D eigenvalue weighted by atomic mass is 9.86. The molecule has 0 fully saturated rings. The van der Waals surface area contributed by atoms with E-state index < -0.39 is 22.9 Å². The minimum Gasteiger partial charge on any atom is -0.458 e. The number of nitrogens with one attached hydrogen (secondary N) is 2. The average Bonchev–Trinajstić information content (AvgIpc) is 3.53. The van der Waals surface area contributed by atoms with E-state index in [0.717, 1.165) is 0 Å². The summed E-state index contributed by atoms with van der Waals surface area (Å²) in [4.78, 5) is 43.5. The average molecular weight is 553 g/mol. The van der Waals surface area contributed by atoms with Crippen molar-refractivity contribution < 1.29 is 33.3 Å². The molecule has 0 radical (unpaired) electrons. The van der Waals surface area contributed by atoms with Crippen LogP contribution in [0.4, 0.5) is 4.39 Å². The number of hydrogen-bond donors (Lipinski definition) is 3. The highest BCUT2D eigenvalue weighted by Crippen LogP contribution is 2.44. The van der Waals surface area contributed by atoms with Crippen molar-refractivity contribution in [2.75, 3.05) is 13.3 Å². The van der Waals surface area contributed by atoms with Crippen molar-refractivity contribution >= 4 is 22.8 Å². The molecule has 11 nitrogen and oxygen atoms in total. The number of ether oxygens (including phenoxy) is 3. The molecule has 0 spiro atoms. The monoisotopic (exact) mass is 552 g/mol. The van der Waals surface area contributed by atoms with Crippen molar-refractivity contribution in [3.63, 3.8) is 0 Å². The van der Waals surface area contributed by atoms with Gasteiger partial charge in [0.05, 0.1) is 35.6 Å². The number of halogens is 1. The highest BCUT2D eigenvalue weighted by atomic mass is 19.1. The smallest absolute Gasteiger partial charge is 0.343 e. The van der Waals surface area contributed by atoms with E-state index in [4.69, 9.17) is 19.2 Å². The maximum atomic E-state index is 15.8. The Kier molecular flexibility index (Phi) is 5.89. The zero-order valence-electron chi connectivity index (χ0n) is 22.6. The van der Waals surface area contributed by atoms with Crippen molar-refractivity contribution in [3.8, 4) is 22.9 Å². The number of rotatable bonds is 5. The molecule has 3 N–H and O–H groups in total. The topological polar surface area (TPSA) is 141 Å². The molecule has 0 aliphatic carbocycles. The molecule has 1 atom stereocenters. The summed E-state index contributed by atoms with van der Waals surface area (Å²) >= 11 is 0. The summed E-state index contributed by atoms with van der Waals surface area (Å²) in [6.45, 7) is 7.12. The molecule has 1 amide bonds. The molecule has 3 aliphatic heterocycles. The number of carbonyl (C=O) groups excluding carboxylic acids is 2. The number of nitrogens with zero attached hydrogens (tertiary/aromatic N) is 2. The number of fused-ring (bicyclic) bond motifs is 6. The Bertz CT molecular complexity index is 1680. The minimum absolute atomic E-state index is 0.00824. The zero-order valence-corrected chi connectivity index (χ0v) is 22.6. The van der Waals surface area contributed by atoms with E-state index in [1.165, 1.54) is 4.57 Å². The molecule has 210 valence electrons. The molecule has 0 saturated heterocycles. The Balaban J connectivity index is 1.52. The van der Waals surface area contributed by atoms with Gasteiger partial charge in [0.1, 0.15) is 6.61 Å². The van der Waals surface area contributed by atoms with Gasteiger partial charge >= 0.3 is 5.97 Å². The lowest BCUT2D eigenvalue weighted by molar-refractivity contribution is -0.172. The highest BCUT2D eigenvalue weighted by molar-refractivity contribution is 5.92. The molecule has 2 aromatic heterocycles. The van der Waals surface area contributed by atoms with Crippen LogP contribution in [0.3, 0.4) is 0 Å². The van der Waals surface area contributed by atoms with Crippen molar-refractivity contribution in [2.24, 2.45) is 0 Å². The Morgan fingerprint density at radius 3 is 2.70 bits per heavy atom. The number of hydrogen-bond acceptors (Lipinski definition) is 9. The van der Waals surface area contributed by atoms with Gasteiger partial charge in [0, 0.05) is 34.7 Å². The molecule has 3 aromatic rings. The van der Waals surface area contributed by atoms with Gasteiger partial charge in [-0.15, -0.1) is 0 Å². The van der Waals surface area contributed by atoms with Gasteiger partial charge in [0.2, 0.25) is 18.4 Å². The Morgan fingerprint density at radius 2 is 1.98 bits per heavy atom. The highest BCUT2D eigenvalue weighted by Gasteiger charge is 2.45. The zero-order chi connectivity index (χ0) is 28.6. The van der Waals surface area contributed by atoms with Crippen molar-refractivity contribution in [1.82, 2.24) is 20.2 Å². The van der Waals surface area contributed by atoms with Crippen LogP contribution in [0.5, 0.6) is 11.5 Å². The summed E-state index contributed by atoms with van der Waals surface area (Å²) in [7, 11) is 0. The Hall–Kier alpha value is -4.03. The van der Waals surface area contributed by atoms with Crippen LogP contribution in [0.15, 0.2) is 16.9 Å². The molecular formula is C28H29FN4O7. The van der Waals surface area contributed by atoms with Crippen molar-refractivity contribution in [3.05, 3.63) is 50.6 Å². The van der Waals surface area contributed by atoms with E-state index in [-0.39, 0.29) is 84.4 Å². The van der Waals surface area contributed by atoms with Gasteiger partial charge < -0.3 is 34.5 Å². The van der Waals surface area contributed by atoms with E-state index in [1.54, 1.807) is 19.1 Å². The summed E-state index contributed by atoms with van der Waals surface area (Å²) in [6, 6.07) is 3.15. The fourth-order valence-electron chi connectivity index (χ4n) is 5.43. The standard InChI is InChI=1S/C28H29FN4O7/c1-5-28(37)16-6-18-23-14(10-33(18)25(35)15(16)11-38-26(28)36)13(8-30-20(34)9-31-27(2,3)4)21-17(32-23)7-19-24(22(21)29)40-12-39-19/h6-7,31,37H,5,8-12H2,1-4H3,(H,30,34)/t28-/m0/s1. The van der Waals surface area contributed by atoms with E-state index in [0.29, 0.717) is 22.5 Å². The lowest BCUT2D eigenvalue weighted by Gasteiger charge is -2.31. The molecule has 0 unspecified atom stereocenters. The molecule has 40 heavy (non-hydrogen) atoms. The SMILES string of the molecule is CC[C@@]1(O)C(=O)OCc2c1cc1n(c2=O)Cc2c-1nc1cc3c(c(F)c1c2CNC(=O)CNC(C)(C)C)OCO3. The van der Waals surface area contributed by atoms with Gasteiger partial charge in [-0.3, -0.25) is 9.59 Å². The Morgan fingerprint density at radius 1 is 1.20 bits per heavy atom. The van der Waals surface area contributed by atoms with Gasteiger partial charge in [-0.2, -0.15) is 0 Å². The summed E-state index contributed by atoms with van der Waals surface area (Å²) < 4.78 is 33.2. The molecule has 0 saturated carbocycles. The lowest BCUT2D eigenvalue weighted by Crippen LogP contribution is -2.44. The molecule has 1 aromatic carbocycles. The van der Waals surface area contributed by atoms with Crippen molar-refractivity contribution in [2.45, 2.75) is 65.0 Å². The van der Waals surface area contributed by atoms with E-state index in [9.17, 15) is 19.5 Å². The first-order valence-corrected chi connectivity index (χ1v) is 13.1. The fourth-order valence-corrected chi connectivity index (χ4v) is 5.43. The molecule has 3 aliphatic rings. The maximum Gasteiger partial charge on any atom is 0.343 e. The summed E-state index contributed by atoms with van der Waals surface area (Å²) in [6.07, 6.45) is 0.00824. The quantitative estimate of drug-likeness (QED) is 0.317. The predicted octanol–water partition coefficient (Wildman–Crippen LogP) is 1.95. The van der Waals surface area contributed by atoms with Crippen LogP contribution in [0.2, 0.25) is 0 Å². The summed E-state index contributed by atoms with van der Waals surface area (Å²) in [5, 5.41) is 17.3. The number of cyclic esters (lactones) is 1. The molecule has 5 heterocycles. The van der Waals surface area contributed by atoms with Crippen LogP contribution in [0, 0.1) is 5.82 Å². The second kappa shape index (κ2) is 9.00. The van der Waals surface area contributed by atoms with Crippen molar-refractivity contribution in [1.29, 1.82) is 0 Å². The predicted molar refractivity (Wildman–Crippen MR) is 140 cm³/mol. The third kappa shape index (κ3) is 3.93. The number of aromatic nitrogens is 2. The number of pyridine rings is 2. The van der Waals surface area contributed by atoms with Gasteiger partial charge in [-0.25, -0.2) is 14.2 Å². The number of carbonyl (C=O) groups is 2. The van der Waals surface area contributed by atoms with Gasteiger partial charge in [0.25, 0.3) is 5.56 Å². The molecular weight excluding hydrogens is 523 g/mol. The number of esters is 1. The molecule has 6 rings (SSSR count). The molecule has 0 bridgehead atoms. The van der Waals surface area contributed by atoms with Crippen LogP contribution >= 0.6 is 0 Å². The van der Waals surface area contributed by atoms with Crippen LogP contribution in [-0.4, -0.2) is 45.4 Å². The third-order valence-electron chi connectivity index (χ3n) is 7.61. The van der Waals surface area contributed by atoms with Gasteiger partial charge in [0.15, 0.2) is 17.2 Å². The normalized spacial score (nSPS) is 18.8.